The van der Waals surface area contributed by atoms with Crippen LogP contribution in [0.4, 0.5) is 0 Å². The Balaban J connectivity index is 2.26. The van der Waals surface area contributed by atoms with Gasteiger partial charge in [0.25, 0.3) is 0 Å². The maximum atomic E-state index is 5.47. The molecule has 0 unspecified atom stereocenters. The lowest BCUT2D eigenvalue weighted by atomic mass is 10.1. The van der Waals surface area contributed by atoms with Crippen molar-refractivity contribution < 1.29 is 4.74 Å². The second-order valence-corrected chi connectivity index (χ2v) is 9.89. The van der Waals surface area contributed by atoms with Crippen LogP contribution in [-0.4, -0.2) is 19.7 Å². The molecule has 0 N–H and O–H groups in total. The summed E-state index contributed by atoms with van der Waals surface area (Å²) in [5.41, 5.74) is 5.58. The molecule has 0 saturated carbocycles. The number of hydrogen-bond donors (Lipinski definition) is 0. The first-order valence-corrected chi connectivity index (χ1v) is 9.19. The Labute approximate surface area is 98.1 Å². The summed E-state index contributed by atoms with van der Waals surface area (Å²) in [6, 6.07) is 2.12. The van der Waals surface area contributed by atoms with Crippen molar-refractivity contribution in [3.05, 3.63) is 23.4 Å². The first-order valence-electron chi connectivity index (χ1n) is 5.69. The lowest BCUT2D eigenvalue weighted by Gasteiger charge is -2.15. The molecule has 0 radical (unpaired) electrons. The van der Waals surface area contributed by atoms with E-state index in [1.54, 1.807) is 0 Å². The standard InChI is InChI=1S/C13H17NOSi/c1-16(2,3)8-6-11-9-12-5-4-7-15-13(12)14-10-11/h9-10H,4-5,7H2,1-3H3. The summed E-state index contributed by atoms with van der Waals surface area (Å²) in [5, 5.41) is 0. The third-order valence-corrected chi connectivity index (χ3v) is 3.21. The van der Waals surface area contributed by atoms with Crippen LogP contribution in [0.2, 0.25) is 19.6 Å². The Morgan fingerprint density at radius 3 is 2.94 bits per heavy atom. The molecule has 2 rings (SSSR count). The topological polar surface area (TPSA) is 22.1 Å². The van der Waals surface area contributed by atoms with E-state index in [1.807, 2.05) is 6.20 Å². The van der Waals surface area contributed by atoms with E-state index in [4.69, 9.17) is 4.74 Å². The fourth-order valence-corrected chi connectivity index (χ4v) is 2.09. The quantitative estimate of drug-likeness (QED) is 0.506. The lowest BCUT2D eigenvalue weighted by molar-refractivity contribution is 0.276. The molecule has 1 aromatic heterocycles. The third kappa shape index (κ3) is 2.86. The van der Waals surface area contributed by atoms with Gasteiger partial charge in [-0.3, -0.25) is 0 Å². The maximum absolute atomic E-state index is 5.47. The first kappa shape index (κ1) is 11.2. The second-order valence-electron chi connectivity index (χ2n) is 5.14. The fourth-order valence-electron chi connectivity index (χ4n) is 1.57. The largest absolute Gasteiger partial charge is 0.477 e. The Kier molecular flexibility index (Phi) is 3.02. The highest BCUT2D eigenvalue weighted by Gasteiger charge is 2.12. The van der Waals surface area contributed by atoms with Crippen molar-refractivity contribution in [3.63, 3.8) is 0 Å². The van der Waals surface area contributed by atoms with Crippen LogP contribution in [0.15, 0.2) is 12.3 Å². The van der Waals surface area contributed by atoms with E-state index in [9.17, 15) is 0 Å². The molecule has 3 heteroatoms. The summed E-state index contributed by atoms with van der Waals surface area (Å²) in [6.07, 6.45) is 3.96. The zero-order chi connectivity index (χ0) is 11.6. The molecule has 0 fully saturated rings. The van der Waals surface area contributed by atoms with Crippen LogP contribution in [0.3, 0.4) is 0 Å². The van der Waals surface area contributed by atoms with Gasteiger partial charge in [-0.1, -0.05) is 25.6 Å². The summed E-state index contributed by atoms with van der Waals surface area (Å²) >= 11 is 0. The van der Waals surface area contributed by atoms with E-state index in [1.165, 1.54) is 5.56 Å². The molecule has 0 aliphatic carbocycles. The molecule has 0 spiro atoms. The number of aryl methyl sites for hydroxylation is 1. The SMILES string of the molecule is C[Si](C)(C)C#Cc1cnc2c(c1)CCCO2. The van der Waals surface area contributed by atoms with Crippen molar-refractivity contribution in [2.45, 2.75) is 32.5 Å². The van der Waals surface area contributed by atoms with Gasteiger partial charge in [0.2, 0.25) is 5.88 Å². The molecule has 0 bridgehead atoms. The summed E-state index contributed by atoms with van der Waals surface area (Å²) < 4.78 is 5.47. The predicted molar refractivity (Wildman–Crippen MR) is 68.3 cm³/mol. The van der Waals surface area contributed by atoms with E-state index < -0.39 is 8.07 Å². The van der Waals surface area contributed by atoms with Crippen molar-refractivity contribution in [1.29, 1.82) is 0 Å². The summed E-state index contributed by atoms with van der Waals surface area (Å²) in [5.74, 6) is 4.02. The van der Waals surface area contributed by atoms with E-state index in [-0.39, 0.29) is 0 Å². The molecule has 1 aliphatic rings. The third-order valence-electron chi connectivity index (χ3n) is 2.34. The Morgan fingerprint density at radius 1 is 1.38 bits per heavy atom. The van der Waals surface area contributed by atoms with Gasteiger partial charge in [0, 0.05) is 17.3 Å². The van der Waals surface area contributed by atoms with Gasteiger partial charge < -0.3 is 4.74 Å². The minimum Gasteiger partial charge on any atom is -0.477 e. The van der Waals surface area contributed by atoms with Crippen molar-refractivity contribution in [3.8, 4) is 17.3 Å². The van der Waals surface area contributed by atoms with Crippen molar-refractivity contribution >= 4 is 8.07 Å². The molecule has 16 heavy (non-hydrogen) atoms. The Hall–Kier alpha value is -1.27. The minimum atomic E-state index is -1.30. The summed E-state index contributed by atoms with van der Waals surface area (Å²) in [4.78, 5) is 4.31. The molecule has 2 heterocycles. The highest BCUT2D eigenvalue weighted by molar-refractivity contribution is 6.83. The van der Waals surface area contributed by atoms with Crippen molar-refractivity contribution in [2.24, 2.45) is 0 Å². The van der Waals surface area contributed by atoms with Gasteiger partial charge in [0.1, 0.15) is 8.07 Å². The van der Waals surface area contributed by atoms with Crippen LogP contribution in [0.25, 0.3) is 0 Å². The molecule has 2 nitrogen and oxygen atoms in total. The minimum absolute atomic E-state index is 0.792. The van der Waals surface area contributed by atoms with Gasteiger partial charge in [-0.25, -0.2) is 4.98 Å². The van der Waals surface area contributed by atoms with Gasteiger partial charge in [-0.05, 0) is 18.9 Å². The average Bonchev–Trinajstić information content (AvgIpc) is 2.25. The van der Waals surface area contributed by atoms with E-state index in [2.05, 4.69) is 42.2 Å². The number of aromatic nitrogens is 1. The number of ether oxygens (including phenoxy) is 1. The molecule has 0 aromatic carbocycles. The van der Waals surface area contributed by atoms with Crippen molar-refractivity contribution in [2.75, 3.05) is 6.61 Å². The molecule has 0 atom stereocenters. The molecule has 0 amide bonds. The molecule has 84 valence electrons. The second kappa shape index (κ2) is 4.30. The zero-order valence-electron chi connectivity index (χ0n) is 10.1. The summed E-state index contributed by atoms with van der Waals surface area (Å²) in [6.45, 7) is 7.53. The monoisotopic (exact) mass is 231 g/mol. The van der Waals surface area contributed by atoms with Gasteiger partial charge >= 0.3 is 0 Å². The number of fused-ring (bicyclic) bond motifs is 1. The number of nitrogens with zero attached hydrogens (tertiary/aromatic N) is 1. The maximum Gasteiger partial charge on any atom is 0.216 e. The predicted octanol–water partition coefficient (Wildman–Crippen LogP) is 2.64. The van der Waals surface area contributed by atoms with E-state index >= 15 is 0 Å². The zero-order valence-corrected chi connectivity index (χ0v) is 11.1. The van der Waals surface area contributed by atoms with E-state index in [0.717, 1.165) is 30.9 Å². The molecular weight excluding hydrogens is 214 g/mol. The number of hydrogen-bond acceptors (Lipinski definition) is 2. The summed E-state index contributed by atoms with van der Waals surface area (Å²) in [7, 11) is -1.30. The van der Waals surface area contributed by atoms with Crippen LogP contribution in [0.5, 0.6) is 5.88 Å². The van der Waals surface area contributed by atoms with Crippen LogP contribution in [0.1, 0.15) is 17.5 Å². The lowest BCUT2D eigenvalue weighted by Crippen LogP contribution is -2.16. The first-order chi connectivity index (χ1) is 7.54. The smallest absolute Gasteiger partial charge is 0.216 e. The molecular formula is C13H17NOSi. The number of rotatable bonds is 0. The normalized spacial score (nSPS) is 14.4. The Morgan fingerprint density at radius 2 is 2.19 bits per heavy atom. The molecule has 1 aromatic rings. The van der Waals surface area contributed by atoms with Gasteiger partial charge in [0.15, 0.2) is 0 Å². The van der Waals surface area contributed by atoms with Gasteiger partial charge in [-0.15, -0.1) is 5.54 Å². The highest BCUT2D eigenvalue weighted by atomic mass is 28.3. The van der Waals surface area contributed by atoms with Crippen LogP contribution in [-0.2, 0) is 6.42 Å². The van der Waals surface area contributed by atoms with Gasteiger partial charge in [-0.2, -0.15) is 0 Å². The Bertz CT molecular complexity index is 451. The fraction of sp³-hybridized carbons (Fsp3) is 0.462. The molecule has 0 saturated heterocycles. The van der Waals surface area contributed by atoms with Crippen LogP contribution < -0.4 is 4.74 Å². The number of pyridine rings is 1. The van der Waals surface area contributed by atoms with E-state index in [0.29, 0.717) is 0 Å². The highest BCUT2D eigenvalue weighted by Crippen LogP contribution is 2.22. The van der Waals surface area contributed by atoms with Crippen LogP contribution >= 0.6 is 0 Å². The van der Waals surface area contributed by atoms with Crippen molar-refractivity contribution in [1.82, 2.24) is 4.98 Å². The van der Waals surface area contributed by atoms with Crippen LogP contribution in [0, 0.1) is 11.5 Å². The molecule has 1 aliphatic heterocycles. The van der Waals surface area contributed by atoms with Gasteiger partial charge in [0.05, 0.1) is 6.61 Å². The average molecular weight is 231 g/mol.